The largest absolute Gasteiger partial charge is 0.486 e. The van der Waals surface area contributed by atoms with Crippen LogP contribution >= 0.6 is 15.9 Å². The van der Waals surface area contributed by atoms with Crippen molar-refractivity contribution >= 4 is 25.8 Å². The number of benzene rings is 1. The molecule has 0 saturated carbocycles. The molecule has 0 N–H and O–H groups in total. The van der Waals surface area contributed by atoms with Crippen LogP contribution in [0.25, 0.3) is 0 Å². The van der Waals surface area contributed by atoms with E-state index in [1.165, 1.54) is 30.5 Å². The van der Waals surface area contributed by atoms with E-state index >= 15 is 0 Å². The van der Waals surface area contributed by atoms with Gasteiger partial charge < -0.3 is 4.74 Å². The van der Waals surface area contributed by atoms with Crippen molar-refractivity contribution in [2.24, 2.45) is 0 Å². The lowest BCUT2D eigenvalue weighted by Gasteiger charge is -2.14. The van der Waals surface area contributed by atoms with Crippen LogP contribution in [-0.2, 0) is 22.6 Å². The van der Waals surface area contributed by atoms with Gasteiger partial charge in [0, 0.05) is 16.9 Å². The summed E-state index contributed by atoms with van der Waals surface area (Å²) in [7, 11) is -3.56. The van der Waals surface area contributed by atoms with Crippen LogP contribution in [0.4, 0.5) is 13.2 Å². The first-order chi connectivity index (χ1) is 10.6. The fourth-order valence-corrected chi connectivity index (χ4v) is 3.00. The number of ether oxygens (including phenoxy) is 1. The zero-order chi connectivity index (χ0) is 17.3. The Kier molecular flexibility index (Phi) is 5.00. The molecule has 0 fully saturated rings. The Morgan fingerprint density at radius 2 is 1.91 bits per heavy atom. The molecule has 0 atom stereocenters. The van der Waals surface area contributed by atoms with E-state index < -0.39 is 28.2 Å². The predicted octanol–water partition coefficient (Wildman–Crippen LogP) is 3.85. The van der Waals surface area contributed by atoms with Crippen molar-refractivity contribution < 1.29 is 26.3 Å². The summed E-state index contributed by atoms with van der Waals surface area (Å²) < 4.78 is 67.8. The van der Waals surface area contributed by atoms with E-state index in [1.807, 2.05) is 0 Å². The summed E-state index contributed by atoms with van der Waals surface area (Å²) in [5.74, 6) is -0.0205. The number of aromatic nitrogens is 1. The molecule has 4 nitrogen and oxygen atoms in total. The molecule has 0 saturated heterocycles. The number of halogens is 4. The first-order valence-electron chi connectivity index (χ1n) is 6.22. The van der Waals surface area contributed by atoms with Crippen LogP contribution in [0.5, 0.6) is 5.75 Å². The number of pyridine rings is 1. The highest BCUT2D eigenvalue weighted by molar-refractivity contribution is 9.10. The number of nitrogens with zero attached hydrogens (tertiary/aromatic N) is 1. The van der Waals surface area contributed by atoms with Gasteiger partial charge in [0.15, 0.2) is 9.84 Å². The van der Waals surface area contributed by atoms with Crippen LogP contribution in [0.1, 0.15) is 11.3 Å². The standard InChI is InChI=1S/C14H11BrF3NO3S/c1-23(20,21)13-5-3-2-4-12(13)22-8-11-10(14(16,17)18)6-9(15)7-19-11/h2-7H,8H2,1H3. The summed E-state index contributed by atoms with van der Waals surface area (Å²) in [4.78, 5) is 3.62. The molecule has 0 spiro atoms. The smallest absolute Gasteiger partial charge is 0.418 e. The van der Waals surface area contributed by atoms with Crippen molar-refractivity contribution in [3.8, 4) is 5.75 Å². The van der Waals surface area contributed by atoms with Gasteiger partial charge in [-0.15, -0.1) is 0 Å². The van der Waals surface area contributed by atoms with Crippen molar-refractivity contribution in [2.45, 2.75) is 17.7 Å². The van der Waals surface area contributed by atoms with Gasteiger partial charge in [0.1, 0.15) is 17.3 Å². The van der Waals surface area contributed by atoms with Crippen LogP contribution in [0, 0.1) is 0 Å². The van der Waals surface area contributed by atoms with Gasteiger partial charge in [0.25, 0.3) is 0 Å². The van der Waals surface area contributed by atoms with E-state index in [9.17, 15) is 21.6 Å². The number of alkyl halides is 3. The Labute approximate surface area is 139 Å². The van der Waals surface area contributed by atoms with Gasteiger partial charge in [-0.25, -0.2) is 8.42 Å². The Balaban J connectivity index is 2.33. The molecule has 9 heteroatoms. The highest BCUT2D eigenvalue weighted by Crippen LogP contribution is 2.33. The summed E-state index contributed by atoms with van der Waals surface area (Å²) in [6, 6.07) is 6.63. The van der Waals surface area contributed by atoms with Crippen LogP contribution < -0.4 is 4.74 Å². The first-order valence-corrected chi connectivity index (χ1v) is 8.91. The maximum absolute atomic E-state index is 13.0. The monoisotopic (exact) mass is 409 g/mol. The molecule has 124 valence electrons. The third-order valence-corrected chi connectivity index (χ3v) is 4.43. The molecule has 0 radical (unpaired) electrons. The van der Waals surface area contributed by atoms with E-state index in [1.54, 1.807) is 0 Å². The van der Waals surface area contributed by atoms with Crippen molar-refractivity contribution in [1.29, 1.82) is 0 Å². The molecule has 0 aliphatic carbocycles. The summed E-state index contributed by atoms with van der Waals surface area (Å²) >= 11 is 2.94. The normalized spacial score (nSPS) is 12.2. The SMILES string of the molecule is CS(=O)(=O)c1ccccc1OCc1ncc(Br)cc1C(F)(F)F. The maximum atomic E-state index is 13.0. The molecule has 2 rings (SSSR count). The van der Waals surface area contributed by atoms with Crippen LogP contribution in [0.15, 0.2) is 45.9 Å². The second-order valence-electron chi connectivity index (χ2n) is 4.65. The van der Waals surface area contributed by atoms with Crippen LogP contribution in [0.2, 0.25) is 0 Å². The second-order valence-corrected chi connectivity index (χ2v) is 7.55. The first kappa shape index (κ1) is 17.7. The average Bonchev–Trinajstić information content (AvgIpc) is 2.44. The van der Waals surface area contributed by atoms with E-state index in [2.05, 4.69) is 20.9 Å². The van der Waals surface area contributed by atoms with Crippen molar-refractivity contribution in [3.05, 3.63) is 52.3 Å². The lowest BCUT2D eigenvalue weighted by molar-refractivity contribution is -0.139. The summed E-state index contributed by atoms with van der Waals surface area (Å²) in [6.45, 7) is -0.505. The topological polar surface area (TPSA) is 56.3 Å². The quantitative estimate of drug-likeness (QED) is 0.769. The fourth-order valence-electron chi connectivity index (χ4n) is 1.85. The van der Waals surface area contributed by atoms with Gasteiger partial charge in [0.05, 0.1) is 11.3 Å². The molecule has 0 aliphatic rings. The Hall–Kier alpha value is -1.61. The Morgan fingerprint density at radius 3 is 2.52 bits per heavy atom. The number of hydrogen-bond acceptors (Lipinski definition) is 4. The minimum atomic E-state index is -4.59. The molecule has 1 aromatic carbocycles. The van der Waals surface area contributed by atoms with E-state index in [0.29, 0.717) is 0 Å². The third kappa shape index (κ3) is 4.44. The molecule has 1 aromatic heterocycles. The summed E-state index contributed by atoms with van der Waals surface area (Å²) in [5.41, 5.74) is -1.27. The zero-order valence-electron chi connectivity index (χ0n) is 11.8. The Morgan fingerprint density at radius 1 is 1.26 bits per heavy atom. The number of hydrogen-bond donors (Lipinski definition) is 0. The molecular formula is C14H11BrF3NO3S. The molecule has 0 unspecified atom stereocenters. The van der Waals surface area contributed by atoms with Crippen molar-refractivity contribution in [1.82, 2.24) is 4.98 Å². The second kappa shape index (κ2) is 6.48. The van der Waals surface area contributed by atoms with Crippen LogP contribution in [-0.4, -0.2) is 19.7 Å². The fraction of sp³-hybridized carbons (Fsp3) is 0.214. The molecular weight excluding hydrogens is 399 g/mol. The highest BCUT2D eigenvalue weighted by atomic mass is 79.9. The maximum Gasteiger partial charge on any atom is 0.418 e. The van der Waals surface area contributed by atoms with Gasteiger partial charge in [-0.3, -0.25) is 4.98 Å². The van der Waals surface area contributed by atoms with Gasteiger partial charge >= 0.3 is 6.18 Å². The Bertz CT molecular complexity index is 822. The van der Waals surface area contributed by atoms with Gasteiger partial charge in [-0.2, -0.15) is 13.2 Å². The molecule has 0 aliphatic heterocycles. The van der Waals surface area contributed by atoms with Crippen molar-refractivity contribution in [3.63, 3.8) is 0 Å². The van der Waals surface area contributed by atoms with Gasteiger partial charge in [0.2, 0.25) is 0 Å². The summed E-state index contributed by atoms with van der Waals surface area (Å²) in [6.07, 6.45) is -2.38. The molecule has 0 bridgehead atoms. The molecule has 23 heavy (non-hydrogen) atoms. The number of sulfone groups is 1. The molecule has 1 heterocycles. The lowest BCUT2D eigenvalue weighted by atomic mass is 10.2. The van der Waals surface area contributed by atoms with Gasteiger partial charge in [-0.1, -0.05) is 12.1 Å². The molecule has 0 amide bonds. The number of para-hydroxylation sites is 1. The summed E-state index contributed by atoms with van der Waals surface area (Å²) in [5, 5.41) is 0. The van der Waals surface area contributed by atoms with Crippen molar-refractivity contribution in [2.75, 3.05) is 6.26 Å². The predicted molar refractivity (Wildman–Crippen MR) is 80.8 cm³/mol. The minimum absolute atomic E-state index is 0.0205. The van der Waals surface area contributed by atoms with Gasteiger partial charge in [-0.05, 0) is 34.1 Å². The van der Waals surface area contributed by atoms with E-state index in [4.69, 9.17) is 4.74 Å². The average molecular weight is 410 g/mol. The third-order valence-electron chi connectivity index (χ3n) is 2.86. The zero-order valence-corrected chi connectivity index (χ0v) is 14.2. The van der Waals surface area contributed by atoms with Crippen LogP contribution in [0.3, 0.4) is 0 Å². The molecule has 2 aromatic rings. The van der Waals surface area contributed by atoms with E-state index in [-0.39, 0.29) is 20.8 Å². The van der Waals surface area contributed by atoms with E-state index in [0.717, 1.165) is 12.3 Å². The minimum Gasteiger partial charge on any atom is -0.486 e. The number of rotatable bonds is 4. The highest BCUT2D eigenvalue weighted by Gasteiger charge is 2.34. The lowest BCUT2D eigenvalue weighted by Crippen LogP contribution is -2.13.